The first-order valence-electron chi connectivity index (χ1n) is 9.38. The van der Waals surface area contributed by atoms with E-state index in [4.69, 9.17) is 4.74 Å². The number of hydrogen-bond acceptors (Lipinski definition) is 5. The molecular formula is C20H25BrN4O. The van der Waals surface area contributed by atoms with Gasteiger partial charge in [-0.15, -0.1) is 0 Å². The third-order valence-corrected chi connectivity index (χ3v) is 5.78. The smallest absolute Gasteiger partial charge is 0.134 e. The van der Waals surface area contributed by atoms with Crippen molar-refractivity contribution >= 4 is 27.6 Å². The molecule has 3 heterocycles. The number of hydrogen-bond donors (Lipinski definition) is 0. The molecule has 2 aromatic rings. The zero-order valence-corrected chi connectivity index (χ0v) is 16.7. The fourth-order valence-electron chi connectivity index (χ4n) is 3.82. The van der Waals surface area contributed by atoms with E-state index in [0.717, 1.165) is 48.2 Å². The Hall–Kier alpha value is -1.66. The maximum absolute atomic E-state index is 6.01. The third-order valence-electron chi connectivity index (χ3n) is 5.25. The maximum Gasteiger partial charge on any atom is 0.134 e. The van der Waals surface area contributed by atoms with Crippen LogP contribution in [-0.2, 0) is 4.74 Å². The molecule has 2 atom stereocenters. The lowest BCUT2D eigenvalue weighted by Gasteiger charge is -2.35. The molecule has 0 radical (unpaired) electrons. The summed E-state index contributed by atoms with van der Waals surface area (Å²) in [6, 6.07) is 10.5. The maximum atomic E-state index is 6.01. The van der Waals surface area contributed by atoms with E-state index < -0.39 is 0 Å². The number of ether oxygens (including phenoxy) is 1. The average Bonchev–Trinajstić information content (AvgIpc) is 2.69. The minimum atomic E-state index is 0.0743. The first kappa shape index (κ1) is 17.7. The number of piperidine rings is 1. The van der Waals surface area contributed by atoms with Crippen LogP contribution in [-0.4, -0.2) is 42.8 Å². The standard InChI is InChI=1S/C20H25BrN4O/c1-15-3-2-8-24(12-15)19-11-20(23-14-22-19)25-9-10-26-18(13-25)16-4-6-17(21)7-5-16/h4-7,11,14-15,18H,2-3,8-10,12-13H2,1H3. The highest BCUT2D eigenvalue weighted by atomic mass is 79.9. The topological polar surface area (TPSA) is 41.5 Å². The van der Waals surface area contributed by atoms with Crippen molar-refractivity contribution in [3.05, 3.63) is 46.7 Å². The van der Waals surface area contributed by atoms with Gasteiger partial charge in [0.05, 0.1) is 6.61 Å². The van der Waals surface area contributed by atoms with Gasteiger partial charge in [0.15, 0.2) is 0 Å². The second kappa shape index (κ2) is 7.92. The first-order valence-corrected chi connectivity index (χ1v) is 10.2. The molecule has 2 unspecified atom stereocenters. The summed E-state index contributed by atoms with van der Waals surface area (Å²) in [6.45, 7) is 6.88. The van der Waals surface area contributed by atoms with Crippen LogP contribution in [0.25, 0.3) is 0 Å². The second-order valence-electron chi connectivity index (χ2n) is 7.28. The van der Waals surface area contributed by atoms with Gasteiger partial charge in [-0.1, -0.05) is 35.0 Å². The quantitative estimate of drug-likeness (QED) is 0.754. The van der Waals surface area contributed by atoms with Gasteiger partial charge in [0.2, 0.25) is 0 Å². The van der Waals surface area contributed by atoms with Gasteiger partial charge in [-0.3, -0.25) is 0 Å². The van der Waals surface area contributed by atoms with Crippen LogP contribution < -0.4 is 9.80 Å². The van der Waals surface area contributed by atoms with Crippen molar-refractivity contribution in [1.82, 2.24) is 9.97 Å². The average molecular weight is 417 g/mol. The molecule has 0 amide bonds. The molecule has 0 bridgehead atoms. The molecular weight excluding hydrogens is 392 g/mol. The van der Waals surface area contributed by atoms with Crippen molar-refractivity contribution in [3.8, 4) is 0 Å². The summed E-state index contributed by atoms with van der Waals surface area (Å²) in [7, 11) is 0. The molecule has 2 fully saturated rings. The highest BCUT2D eigenvalue weighted by molar-refractivity contribution is 9.10. The van der Waals surface area contributed by atoms with Crippen molar-refractivity contribution < 1.29 is 4.74 Å². The van der Waals surface area contributed by atoms with Crippen molar-refractivity contribution in [1.29, 1.82) is 0 Å². The van der Waals surface area contributed by atoms with Gasteiger partial charge < -0.3 is 14.5 Å². The third kappa shape index (κ3) is 4.01. The Balaban J connectivity index is 1.50. The molecule has 138 valence electrons. The number of anilines is 2. The second-order valence-corrected chi connectivity index (χ2v) is 8.20. The van der Waals surface area contributed by atoms with E-state index in [1.165, 1.54) is 18.4 Å². The van der Waals surface area contributed by atoms with Gasteiger partial charge in [0, 0.05) is 36.7 Å². The van der Waals surface area contributed by atoms with Crippen LogP contribution >= 0.6 is 15.9 Å². The molecule has 0 aliphatic carbocycles. The molecule has 4 rings (SSSR count). The molecule has 6 heteroatoms. The Kier molecular flexibility index (Phi) is 5.41. The monoisotopic (exact) mass is 416 g/mol. The number of halogens is 1. The lowest BCUT2D eigenvalue weighted by Crippen LogP contribution is -2.39. The van der Waals surface area contributed by atoms with Crippen LogP contribution in [0.5, 0.6) is 0 Å². The zero-order chi connectivity index (χ0) is 17.9. The molecule has 0 saturated carbocycles. The summed E-state index contributed by atoms with van der Waals surface area (Å²) in [4.78, 5) is 13.8. The van der Waals surface area contributed by atoms with E-state index in [0.29, 0.717) is 6.61 Å². The predicted molar refractivity (Wildman–Crippen MR) is 108 cm³/mol. The fraction of sp³-hybridized carbons (Fsp3) is 0.500. The van der Waals surface area contributed by atoms with E-state index in [1.54, 1.807) is 6.33 Å². The van der Waals surface area contributed by atoms with E-state index in [2.05, 4.69) is 73.0 Å². The van der Waals surface area contributed by atoms with Gasteiger partial charge in [0.25, 0.3) is 0 Å². The molecule has 2 saturated heterocycles. The SMILES string of the molecule is CC1CCCN(c2cc(N3CCOC(c4ccc(Br)cc4)C3)ncn2)C1. The number of benzene rings is 1. The summed E-state index contributed by atoms with van der Waals surface area (Å²) in [5, 5.41) is 0. The Morgan fingerprint density at radius 2 is 1.77 bits per heavy atom. The highest BCUT2D eigenvalue weighted by Crippen LogP contribution is 2.28. The predicted octanol–water partition coefficient (Wildman–Crippen LogP) is 4.05. The number of rotatable bonds is 3. The summed E-state index contributed by atoms with van der Waals surface area (Å²) in [6.07, 6.45) is 4.33. The molecule has 26 heavy (non-hydrogen) atoms. The summed E-state index contributed by atoms with van der Waals surface area (Å²) in [5.74, 6) is 2.78. The molecule has 0 N–H and O–H groups in total. The van der Waals surface area contributed by atoms with Crippen LogP contribution in [0.4, 0.5) is 11.6 Å². The Labute approximate surface area is 163 Å². The van der Waals surface area contributed by atoms with Gasteiger partial charge in [-0.2, -0.15) is 0 Å². The first-order chi connectivity index (χ1) is 12.7. The van der Waals surface area contributed by atoms with Crippen molar-refractivity contribution in [2.45, 2.75) is 25.9 Å². The highest BCUT2D eigenvalue weighted by Gasteiger charge is 2.24. The van der Waals surface area contributed by atoms with Gasteiger partial charge in [0.1, 0.15) is 24.1 Å². The minimum absolute atomic E-state index is 0.0743. The van der Waals surface area contributed by atoms with Gasteiger partial charge >= 0.3 is 0 Å². The van der Waals surface area contributed by atoms with Crippen molar-refractivity contribution in [2.24, 2.45) is 5.92 Å². The van der Waals surface area contributed by atoms with E-state index in [-0.39, 0.29) is 6.10 Å². The number of aromatic nitrogens is 2. The Morgan fingerprint density at radius 3 is 2.50 bits per heavy atom. The van der Waals surface area contributed by atoms with E-state index >= 15 is 0 Å². The zero-order valence-electron chi connectivity index (χ0n) is 15.1. The van der Waals surface area contributed by atoms with Crippen LogP contribution in [0.15, 0.2) is 41.1 Å². The molecule has 2 aliphatic rings. The summed E-state index contributed by atoms with van der Waals surface area (Å²) >= 11 is 3.50. The number of nitrogens with zero attached hydrogens (tertiary/aromatic N) is 4. The fourth-order valence-corrected chi connectivity index (χ4v) is 4.08. The molecule has 2 aliphatic heterocycles. The lowest BCUT2D eigenvalue weighted by molar-refractivity contribution is 0.0395. The molecule has 1 aromatic carbocycles. The summed E-state index contributed by atoms with van der Waals surface area (Å²) in [5.41, 5.74) is 1.21. The Morgan fingerprint density at radius 1 is 1.04 bits per heavy atom. The van der Waals surface area contributed by atoms with Crippen LogP contribution in [0, 0.1) is 5.92 Å². The van der Waals surface area contributed by atoms with Crippen molar-refractivity contribution in [2.75, 3.05) is 42.6 Å². The lowest BCUT2D eigenvalue weighted by atomic mass is 10.0. The molecule has 5 nitrogen and oxygen atoms in total. The van der Waals surface area contributed by atoms with Gasteiger partial charge in [-0.25, -0.2) is 9.97 Å². The van der Waals surface area contributed by atoms with E-state index in [9.17, 15) is 0 Å². The van der Waals surface area contributed by atoms with Crippen LogP contribution in [0.1, 0.15) is 31.4 Å². The van der Waals surface area contributed by atoms with Crippen LogP contribution in [0.2, 0.25) is 0 Å². The van der Waals surface area contributed by atoms with Crippen LogP contribution in [0.3, 0.4) is 0 Å². The van der Waals surface area contributed by atoms with Crippen molar-refractivity contribution in [3.63, 3.8) is 0 Å². The largest absolute Gasteiger partial charge is 0.370 e. The Bertz CT molecular complexity index is 739. The summed E-state index contributed by atoms with van der Waals surface area (Å²) < 4.78 is 7.09. The van der Waals surface area contributed by atoms with Gasteiger partial charge in [-0.05, 0) is 36.5 Å². The van der Waals surface area contributed by atoms with E-state index in [1.807, 2.05) is 0 Å². The minimum Gasteiger partial charge on any atom is -0.370 e. The molecule has 1 aromatic heterocycles. The number of morpholine rings is 1. The molecule has 0 spiro atoms. The normalized spacial score (nSPS) is 23.9.